The molecule has 7 heteroatoms. The molecule has 0 aromatic rings. The van der Waals surface area contributed by atoms with E-state index in [-0.39, 0.29) is 18.2 Å². The van der Waals surface area contributed by atoms with Crippen molar-refractivity contribution in [1.29, 1.82) is 0 Å². The number of nitrogens with one attached hydrogen (secondary N) is 1. The van der Waals surface area contributed by atoms with Crippen LogP contribution in [0.25, 0.3) is 0 Å². The van der Waals surface area contributed by atoms with Gasteiger partial charge in [-0.15, -0.1) is 0 Å². The number of likely N-dealkylation sites (tertiary alicyclic amines) is 1. The maximum Gasteiger partial charge on any atom is 0.329 e. The maximum absolute atomic E-state index is 12.4. The van der Waals surface area contributed by atoms with Crippen LogP contribution in [-0.4, -0.2) is 67.1 Å². The van der Waals surface area contributed by atoms with Crippen molar-refractivity contribution in [2.24, 2.45) is 0 Å². The highest BCUT2D eigenvalue weighted by Gasteiger charge is 2.44. The van der Waals surface area contributed by atoms with Crippen molar-refractivity contribution in [2.75, 3.05) is 27.3 Å². The van der Waals surface area contributed by atoms with Crippen LogP contribution in [0.4, 0.5) is 4.79 Å². The lowest BCUT2D eigenvalue weighted by Gasteiger charge is -2.35. The summed E-state index contributed by atoms with van der Waals surface area (Å²) in [6.45, 7) is 0.826. The topological polar surface area (TPSA) is 88.1 Å². The van der Waals surface area contributed by atoms with E-state index in [1.807, 2.05) is 0 Å². The number of ether oxygens (including phenoxy) is 2. The molecule has 0 radical (unpaired) electrons. The predicted molar refractivity (Wildman–Crippen MR) is 75.2 cm³/mol. The molecule has 2 aliphatic rings. The summed E-state index contributed by atoms with van der Waals surface area (Å²) >= 11 is 0. The number of hydrogen-bond acceptors (Lipinski definition) is 4. The first-order chi connectivity index (χ1) is 10.0. The molecule has 1 saturated heterocycles. The zero-order valence-electron chi connectivity index (χ0n) is 12.6. The highest BCUT2D eigenvalue weighted by molar-refractivity contribution is 5.86. The lowest BCUT2D eigenvalue weighted by atomic mass is 9.82. The number of methoxy groups -OCH3 is 2. The van der Waals surface area contributed by atoms with E-state index in [0.29, 0.717) is 25.9 Å². The number of amides is 2. The van der Waals surface area contributed by atoms with Crippen LogP contribution in [0, 0.1) is 0 Å². The van der Waals surface area contributed by atoms with Crippen molar-refractivity contribution in [3.8, 4) is 0 Å². The van der Waals surface area contributed by atoms with E-state index in [4.69, 9.17) is 9.47 Å². The summed E-state index contributed by atoms with van der Waals surface area (Å²) in [6, 6.07) is -0.346. The smallest absolute Gasteiger partial charge is 0.329 e. The lowest BCUT2D eigenvalue weighted by molar-refractivity contribution is -0.145. The summed E-state index contributed by atoms with van der Waals surface area (Å²) in [5.74, 6) is -0.943. The van der Waals surface area contributed by atoms with Crippen LogP contribution in [0.1, 0.15) is 32.1 Å². The first-order valence-corrected chi connectivity index (χ1v) is 7.38. The highest BCUT2D eigenvalue weighted by Crippen LogP contribution is 2.29. The van der Waals surface area contributed by atoms with E-state index in [0.717, 1.165) is 19.3 Å². The second kappa shape index (κ2) is 6.62. The van der Waals surface area contributed by atoms with Crippen molar-refractivity contribution in [3.63, 3.8) is 0 Å². The molecule has 2 fully saturated rings. The molecular formula is C14H24N2O5. The fourth-order valence-electron chi connectivity index (χ4n) is 3.19. The molecule has 0 spiro atoms. The Morgan fingerprint density at radius 3 is 2.05 bits per heavy atom. The summed E-state index contributed by atoms with van der Waals surface area (Å²) < 4.78 is 10.6. The largest absolute Gasteiger partial charge is 0.480 e. The van der Waals surface area contributed by atoms with Gasteiger partial charge in [0, 0.05) is 14.2 Å². The first kappa shape index (κ1) is 16.0. The van der Waals surface area contributed by atoms with E-state index in [1.165, 1.54) is 0 Å². The van der Waals surface area contributed by atoms with E-state index in [2.05, 4.69) is 5.32 Å². The molecule has 0 bridgehead atoms. The Bertz CT molecular complexity index is 383. The van der Waals surface area contributed by atoms with Gasteiger partial charge in [-0.05, 0) is 12.8 Å². The summed E-state index contributed by atoms with van der Waals surface area (Å²) in [5.41, 5.74) is -1.12. The molecule has 2 N–H and O–H groups in total. The van der Waals surface area contributed by atoms with Crippen molar-refractivity contribution in [1.82, 2.24) is 10.2 Å². The Morgan fingerprint density at radius 1 is 1.10 bits per heavy atom. The third kappa shape index (κ3) is 3.29. The SMILES string of the molecule is COC1CN(C(=O)NC2(C(=O)O)CCCCC2)CC1OC. The fourth-order valence-corrected chi connectivity index (χ4v) is 3.19. The number of carbonyl (C=O) groups is 2. The molecule has 2 atom stereocenters. The summed E-state index contributed by atoms with van der Waals surface area (Å²) in [4.78, 5) is 25.5. The van der Waals surface area contributed by atoms with E-state index in [9.17, 15) is 14.7 Å². The van der Waals surface area contributed by atoms with Crippen LogP contribution < -0.4 is 5.32 Å². The van der Waals surface area contributed by atoms with Crippen LogP contribution in [0.15, 0.2) is 0 Å². The number of rotatable bonds is 4. The Morgan fingerprint density at radius 2 is 1.62 bits per heavy atom. The Labute approximate surface area is 124 Å². The molecule has 2 unspecified atom stereocenters. The van der Waals surface area contributed by atoms with Crippen LogP contribution in [0.5, 0.6) is 0 Å². The van der Waals surface area contributed by atoms with Crippen molar-refractivity contribution in [2.45, 2.75) is 49.9 Å². The molecule has 0 aromatic heterocycles. The van der Waals surface area contributed by atoms with Gasteiger partial charge in [-0.2, -0.15) is 0 Å². The minimum absolute atomic E-state index is 0.173. The van der Waals surface area contributed by atoms with Crippen molar-refractivity contribution < 1.29 is 24.2 Å². The minimum atomic E-state index is -1.12. The molecule has 120 valence electrons. The van der Waals surface area contributed by atoms with Crippen molar-refractivity contribution >= 4 is 12.0 Å². The molecule has 2 amide bonds. The zero-order valence-corrected chi connectivity index (χ0v) is 12.6. The molecule has 21 heavy (non-hydrogen) atoms. The number of hydrogen-bond donors (Lipinski definition) is 2. The average Bonchev–Trinajstić information content (AvgIpc) is 2.91. The third-order valence-corrected chi connectivity index (χ3v) is 4.57. The Hall–Kier alpha value is -1.34. The van der Waals surface area contributed by atoms with Gasteiger partial charge in [0.1, 0.15) is 17.7 Å². The quantitative estimate of drug-likeness (QED) is 0.803. The second-order valence-corrected chi connectivity index (χ2v) is 5.83. The summed E-state index contributed by atoms with van der Waals surface area (Å²) in [5, 5.41) is 12.2. The monoisotopic (exact) mass is 300 g/mol. The van der Waals surface area contributed by atoms with Crippen LogP contribution in [0.3, 0.4) is 0 Å². The van der Waals surface area contributed by atoms with E-state index < -0.39 is 11.5 Å². The van der Waals surface area contributed by atoms with Crippen LogP contribution in [-0.2, 0) is 14.3 Å². The number of aliphatic carboxylic acids is 1. The fraction of sp³-hybridized carbons (Fsp3) is 0.857. The van der Waals surface area contributed by atoms with Gasteiger partial charge in [0.2, 0.25) is 0 Å². The molecule has 0 aromatic carbocycles. The standard InChI is InChI=1S/C14H24N2O5/c1-20-10-8-16(9-11(10)21-2)13(19)15-14(12(17)18)6-4-3-5-7-14/h10-11H,3-9H2,1-2H3,(H,15,19)(H,17,18). The molecule has 2 rings (SSSR count). The van der Waals surface area contributed by atoms with Gasteiger partial charge in [-0.1, -0.05) is 19.3 Å². The van der Waals surface area contributed by atoms with Gasteiger partial charge in [-0.25, -0.2) is 9.59 Å². The molecule has 1 saturated carbocycles. The second-order valence-electron chi connectivity index (χ2n) is 5.83. The summed E-state index contributed by atoms with van der Waals surface area (Å²) in [6.07, 6.45) is 3.31. The van der Waals surface area contributed by atoms with Gasteiger partial charge >= 0.3 is 12.0 Å². The Kier molecular flexibility index (Phi) is 5.05. The molecule has 1 heterocycles. The van der Waals surface area contributed by atoms with Gasteiger partial charge in [0.05, 0.1) is 13.1 Å². The zero-order chi connectivity index (χ0) is 15.5. The van der Waals surface area contributed by atoms with E-state index in [1.54, 1.807) is 19.1 Å². The Balaban J connectivity index is 2.01. The lowest BCUT2D eigenvalue weighted by Crippen LogP contribution is -2.58. The number of carboxylic acids is 1. The number of carboxylic acid groups (broad SMARTS) is 1. The molecular weight excluding hydrogens is 276 g/mol. The minimum Gasteiger partial charge on any atom is -0.480 e. The maximum atomic E-state index is 12.4. The molecule has 1 aliphatic carbocycles. The third-order valence-electron chi connectivity index (χ3n) is 4.57. The van der Waals surface area contributed by atoms with Gasteiger partial charge in [0.25, 0.3) is 0 Å². The predicted octanol–water partition coefficient (Wildman–Crippen LogP) is 0.829. The average molecular weight is 300 g/mol. The number of nitrogens with zero attached hydrogens (tertiary/aromatic N) is 1. The normalized spacial score (nSPS) is 28.4. The molecule has 7 nitrogen and oxygen atoms in total. The van der Waals surface area contributed by atoms with Crippen molar-refractivity contribution in [3.05, 3.63) is 0 Å². The number of urea groups is 1. The first-order valence-electron chi connectivity index (χ1n) is 7.38. The highest BCUT2D eigenvalue weighted by atomic mass is 16.5. The number of carbonyl (C=O) groups excluding carboxylic acids is 1. The summed E-state index contributed by atoms with van der Waals surface area (Å²) in [7, 11) is 3.16. The van der Waals surface area contributed by atoms with Gasteiger partial charge in [-0.3, -0.25) is 0 Å². The van der Waals surface area contributed by atoms with Crippen LogP contribution >= 0.6 is 0 Å². The van der Waals surface area contributed by atoms with Gasteiger partial charge < -0.3 is 24.8 Å². The van der Waals surface area contributed by atoms with Gasteiger partial charge in [0.15, 0.2) is 0 Å². The van der Waals surface area contributed by atoms with Crippen LogP contribution in [0.2, 0.25) is 0 Å². The molecule has 1 aliphatic heterocycles. The van der Waals surface area contributed by atoms with E-state index >= 15 is 0 Å².